The maximum absolute atomic E-state index is 5.61. The van der Waals surface area contributed by atoms with Crippen LogP contribution in [0.1, 0.15) is 47.5 Å². The lowest BCUT2D eigenvalue weighted by atomic mass is 9.79. The maximum atomic E-state index is 5.61. The second kappa shape index (κ2) is 7.46. The molecule has 1 rings (SSSR count). The number of hydrogen-bond acceptors (Lipinski definition) is 3. The van der Waals surface area contributed by atoms with E-state index in [4.69, 9.17) is 4.74 Å². The first-order valence-electron chi connectivity index (χ1n) is 7.70. The Balaban J connectivity index is 2.90. The van der Waals surface area contributed by atoms with Crippen LogP contribution >= 0.6 is 0 Å². The highest BCUT2D eigenvalue weighted by Crippen LogP contribution is 2.31. The van der Waals surface area contributed by atoms with Crippen LogP contribution in [-0.4, -0.2) is 49.3 Å². The molecule has 3 unspecified atom stereocenters. The smallest absolute Gasteiger partial charge is 0.0510 e. The Morgan fingerprint density at radius 1 is 1.28 bits per heavy atom. The normalized spacial score (nSPS) is 25.3. The topological polar surface area (TPSA) is 24.5 Å². The molecule has 0 bridgehead atoms. The first kappa shape index (κ1) is 15.9. The molecule has 1 aliphatic rings. The minimum atomic E-state index is 0.234. The van der Waals surface area contributed by atoms with Crippen molar-refractivity contribution in [2.24, 2.45) is 5.92 Å². The van der Waals surface area contributed by atoms with Gasteiger partial charge in [0.25, 0.3) is 0 Å². The SMILES string of the molecule is CCNC(C1CCOC1)C(C)(CC)N(CC)CC. The molecular formula is C15H32N2O. The molecule has 1 saturated heterocycles. The zero-order chi connectivity index (χ0) is 13.6. The maximum Gasteiger partial charge on any atom is 0.0510 e. The molecule has 1 aliphatic heterocycles. The number of hydrogen-bond donors (Lipinski definition) is 1. The van der Waals surface area contributed by atoms with E-state index in [1.54, 1.807) is 0 Å². The largest absolute Gasteiger partial charge is 0.381 e. The lowest BCUT2D eigenvalue weighted by Crippen LogP contribution is -2.62. The van der Waals surface area contributed by atoms with Gasteiger partial charge in [0, 0.05) is 24.1 Å². The van der Waals surface area contributed by atoms with E-state index in [2.05, 4.69) is 44.8 Å². The average Bonchev–Trinajstić information content (AvgIpc) is 2.90. The molecule has 3 heteroatoms. The fourth-order valence-corrected chi connectivity index (χ4v) is 3.52. The lowest BCUT2D eigenvalue weighted by Gasteiger charge is -2.48. The molecule has 0 amide bonds. The van der Waals surface area contributed by atoms with Gasteiger partial charge in [-0.25, -0.2) is 0 Å². The number of nitrogens with one attached hydrogen (secondary N) is 1. The third-order valence-electron chi connectivity index (χ3n) is 4.73. The fraction of sp³-hybridized carbons (Fsp3) is 1.00. The van der Waals surface area contributed by atoms with E-state index in [9.17, 15) is 0 Å². The zero-order valence-corrected chi connectivity index (χ0v) is 13.0. The minimum Gasteiger partial charge on any atom is -0.381 e. The molecule has 108 valence electrons. The Bertz CT molecular complexity index is 225. The summed E-state index contributed by atoms with van der Waals surface area (Å²) in [5.74, 6) is 0.662. The summed E-state index contributed by atoms with van der Waals surface area (Å²) in [6.07, 6.45) is 2.39. The highest BCUT2D eigenvalue weighted by Gasteiger charge is 2.41. The molecule has 0 spiro atoms. The van der Waals surface area contributed by atoms with Gasteiger partial charge in [-0.1, -0.05) is 27.7 Å². The second-order valence-corrected chi connectivity index (χ2v) is 5.54. The summed E-state index contributed by atoms with van der Waals surface area (Å²) in [5.41, 5.74) is 0.234. The molecule has 1 N–H and O–H groups in total. The number of ether oxygens (including phenoxy) is 1. The van der Waals surface area contributed by atoms with Crippen molar-refractivity contribution in [2.75, 3.05) is 32.8 Å². The van der Waals surface area contributed by atoms with E-state index < -0.39 is 0 Å². The van der Waals surface area contributed by atoms with Crippen molar-refractivity contribution in [3.63, 3.8) is 0 Å². The van der Waals surface area contributed by atoms with Gasteiger partial charge in [-0.3, -0.25) is 4.90 Å². The second-order valence-electron chi connectivity index (χ2n) is 5.54. The minimum absolute atomic E-state index is 0.234. The van der Waals surface area contributed by atoms with Crippen LogP contribution in [0.4, 0.5) is 0 Å². The molecule has 0 aromatic carbocycles. The highest BCUT2D eigenvalue weighted by atomic mass is 16.5. The van der Waals surface area contributed by atoms with Crippen LogP contribution in [0.2, 0.25) is 0 Å². The standard InChI is InChI=1S/C15H32N2O/c1-6-15(5,17(8-3)9-4)14(16-7-2)13-10-11-18-12-13/h13-14,16H,6-12H2,1-5H3. The van der Waals surface area contributed by atoms with Crippen LogP contribution in [0.15, 0.2) is 0 Å². The van der Waals surface area contributed by atoms with E-state index in [1.165, 1.54) is 12.8 Å². The van der Waals surface area contributed by atoms with Crippen LogP contribution in [0.25, 0.3) is 0 Å². The van der Waals surface area contributed by atoms with Crippen LogP contribution in [-0.2, 0) is 4.74 Å². The van der Waals surface area contributed by atoms with Crippen LogP contribution in [0, 0.1) is 5.92 Å². The summed E-state index contributed by atoms with van der Waals surface area (Å²) in [6, 6.07) is 0.537. The molecule has 18 heavy (non-hydrogen) atoms. The van der Waals surface area contributed by atoms with E-state index in [0.29, 0.717) is 12.0 Å². The Kier molecular flexibility index (Phi) is 6.61. The summed E-state index contributed by atoms with van der Waals surface area (Å²) in [4.78, 5) is 2.61. The predicted molar refractivity (Wildman–Crippen MR) is 78.0 cm³/mol. The van der Waals surface area contributed by atoms with Crippen LogP contribution < -0.4 is 5.32 Å². The summed E-state index contributed by atoms with van der Waals surface area (Å²) in [7, 11) is 0. The first-order valence-corrected chi connectivity index (χ1v) is 7.70. The summed E-state index contributed by atoms with van der Waals surface area (Å²) < 4.78 is 5.61. The van der Waals surface area contributed by atoms with E-state index >= 15 is 0 Å². The molecule has 0 aromatic heterocycles. The van der Waals surface area contributed by atoms with Crippen molar-refractivity contribution in [2.45, 2.75) is 59.0 Å². The van der Waals surface area contributed by atoms with Gasteiger partial charge >= 0.3 is 0 Å². The van der Waals surface area contributed by atoms with Crippen molar-refractivity contribution in [1.82, 2.24) is 10.2 Å². The molecule has 3 atom stereocenters. The van der Waals surface area contributed by atoms with Crippen LogP contribution in [0.5, 0.6) is 0 Å². The van der Waals surface area contributed by atoms with Gasteiger partial charge < -0.3 is 10.1 Å². The Morgan fingerprint density at radius 3 is 2.33 bits per heavy atom. The van der Waals surface area contributed by atoms with E-state index in [-0.39, 0.29) is 5.54 Å². The van der Waals surface area contributed by atoms with Gasteiger partial charge in [-0.2, -0.15) is 0 Å². The molecule has 1 heterocycles. The molecule has 0 aliphatic carbocycles. The van der Waals surface area contributed by atoms with Gasteiger partial charge in [0.15, 0.2) is 0 Å². The average molecular weight is 256 g/mol. The fourth-order valence-electron chi connectivity index (χ4n) is 3.52. The summed E-state index contributed by atoms with van der Waals surface area (Å²) in [5, 5.41) is 3.74. The quantitative estimate of drug-likeness (QED) is 0.722. The highest BCUT2D eigenvalue weighted by molar-refractivity contribution is 5.00. The summed E-state index contributed by atoms with van der Waals surface area (Å²) in [6.45, 7) is 16.6. The number of likely N-dealkylation sites (N-methyl/N-ethyl adjacent to an activating group) is 2. The molecule has 1 fully saturated rings. The van der Waals surface area contributed by atoms with Gasteiger partial charge in [0.1, 0.15) is 0 Å². The molecule has 0 aromatic rings. The predicted octanol–water partition coefficient (Wildman–Crippen LogP) is 2.51. The Hall–Kier alpha value is -0.120. The number of rotatable bonds is 8. The Morgan fingerprint density at radius 2 is 1.94 bits per heavy atom. The van der Waals surface area contributed by atoms with E-state index in [0.717, 1.165) is 32.8 Å². The number of nitrogens with zero attached hydrogens (tertiary/aromatic N) is 1. The molecule has 0 saturated carbocycles. The van der Waals surface area contributed by atoms with Gasteiger partial charge in [0.05, 0.1) is 6.61 Å². The van der Waals surface area contributed by atoms with Gasteiger partial charge in [-0.15, -0.1) is 0 Å². The van der Waals surface area contributed by atoms with Crippen molar-refractivity contribution in [1.29, 1.82) is 0 Å². The van der Waals surface area contributed by atoms with Crippen LogP contribution in [0.3, 0.4) is 0 Å². The van der Waals surface area contributed by atoms with E-state index in [1.807, 2.05) is 0 Å². The van der Waals surface area contributed by atoms with Crippen molar-refractivity contribution in [3.05, 3.63) is 0 Å². The van der Waals surface area contributed by atoms with Crippen molar-refractivity contribution < 1.29 is 4.74 Å². The Labute approximate surface area is 113 Å². The molecular weight excluding hydrogens is 224 g/mol. The first-order chi connectivity index (χ1) is 8.63. The summed E-state index contributed by atoms with van der Waals surface area (Å²) >= 11 is 0. The molecule has 3 nitrogen and oxygen atoms in total. The molecule has 0 radical (unpaired) electrons. The van der Waals surface area contributed by atoms with Crippen molar-refractivity contribution in [3.8, 4) is 0 Å². The third-order valence-corrected chi connectivity index (χ3v) is 4.73. The van der Waals surface area contributed by atoms with Gasteiger partial charge in [-0.05, 0) is 39.4 Å². The van der Waals surface area contributed by atoms with Gasteiger partial charge in [0.2, 0.25) is 0 Å². The monoisotopic (exact) mass is 256 g/mol. The van der Waals surface area contributed by atoms with Crippen molar-refractivity contribution >= 4 is 0 Å². The lowest BCUT2D eigenvalue weighted by molar-refractivity contribution is 0.0423. The zero-order valence-electron chi connectivity index (χ0n) is 13.0. The third kappa shape index (κ3) is 3.25.